The molecular formula is C17H28O. The quantitative estimate of drug-likeness (QED) is 0.317. The van der Waals surface area contributed by atoms with Crippen molar-refractivity contribution in [3.05, 3.63) is 11.1 Å². The number of rotatable bonds is 9. The van der Waals surface area contributed by atoms with Crippen LogP contribution in [0.2, 0.25) is 0 Å². The van der Waals surface area contributed by atoms with Crippen molar-refractivity contribution in [1.82, 2.24) is 0 Å². The Morgan fingerprint density at radius 3 is 2.67 bits per heavy atom. The smallest absolute Gasteiger partial charge is 0.119 e. The van der Waals surface area contributed by atoms with Gasteiger partial charge in [-0.1, -0.05) is 37.8 Å². The molecule has 2 aliphatic carbocycles. The van der Waals surface area contributed by atoms with Gasteiger partial charge in [-0.15, -0.1) is 0 Å². The predicted molar refractivity (Wildman–Crippen MR) is 76.5 cm³/mol. The van der Waals surface area contributed by atoms with E-state index in [1.807, 2.05) is 11.1 Å². The minimum Gasteiger partial charge on any atom is -0.303 e. The second-order valence-corrected chi connectivity index (χ2v) is 6.27. The van der Waals surface area contributed by atoms with Crippen molar-refractivity contribution in [2.75, 3.05) is 0 Å². The van der Waals surface area contributed by atoms with E-state index < -0.39 is 0 Å². The van der Waals surface area contributed by atoms with E-state index >= 15 is 0 Å². The zero-order chi connectivity index (χ0) is 13.0. The van der Waals surface area contributed by atoms with Gasteiger partial charge in [0.15, 0.2) is 0 Å². The molecule has 1 heteroatoms. The van der Waals surface area contributed by atoms with Crippen molar-refractivity contribution in [2.24, 2.45) is 11.3 Å². The Morgan fingerprint density at radius 1 is 1.33 bits per heavy atom. The minimum absolute atomic E-state index is 0.624. The highest BCUT2D eigenvalue weighted by atomic mass is 16.1. The summed E-state index contributed by atoms with van der Waals surface area (Å²) >= 11 is 0. The lowest BCUT2D eigenvalue weighted by atomic mass is 9.48. The van der Waals surface area contributed by atoms with E-state index in [1.54, 1.807) is 0 Å². The fraction of sp³-hybridized carbons (Fsp3) is 0.824. The molecule has 0 aromatic rings. The van der Waals surface area contributed by atoms with Gasteiger partial charge in [-0.25, -0.2) is 0 Å². The van der Waals surface area contributed by atoms with Crippen LogP contribution in [0.3, 0.4) is 0 Å². The van der Waals surface area contributed by atoms with Crippen molar-refractivity contribution in [1.29, 1.82) is 0 Å². The van der Waals surface area contributed by atoms with Gasteiger partial charge in [0.2, 0.25) is 0 Å². The standard InChI is InChI=1S/C17H28O/c1-3-8-14(4-2)15-13-17(11-9-16(15)17)10-6-5-7-12-18/h12,14H,3-11,13H2,1-2H3. The molecule has 0 amide bonds. The van der Waals surface area contributed by atoms with E-state index in [-0.39, 0.29) is 0 Å². The minimum atomic E-state index is 0.624. The molecule has 0 heterocycles. The Morgan fingerprint density at radius 2 is 2.17 bits per heavy atom. The first-order valence-electron chi connectivity index (χ1n) is 7.93. The van der Waals surface area contributed by atoms with Crippen molar-refractivity contribution in [3.8, 4) is 0 Å². The number of unbranched alkanes of at least 4 members (excludes halogenated alkanes) is 2. The van der Waals surface area contributed by atoms with Crippen LogP contribution in [0.15, 0.2) is 11.1 Å². The van der Waals surface area contributed by atoms with E-state index in [9.17, 15) is 4.79 Å². The van der Waals surface area contributed by atoms with E-state index in [0.29, 0.717) is 5.41 Å². The summed E-state index contributed by atoms with van der Waals surface area (Å²) in [6.45, 7) is 4.65. The Labute approximate surface area is 112 Å². The first kappa shape index (κ1) is 13.8. The average molecular weight is 248 g/mol. The highest BCUT2D eigenvalue weighted by molar-refractivity contribution is 5.49. The Balaban J connectivity index is 1.87. The number of carbonyl (C=O) groups is 1. The number of hydrogen-bond donors (Lipinski definition) is 0. The van der Waals surface area contributed by atoms with Crippen molar-refractivity contribution >= 4 is 6.29 Å². The van der Waals surface area contributed by atoms with Crippen LogP contribution < -0.4 is 0 Å². The maximum Gasteiger partial charge on any atom is 0.119 e. The number of fused-ring (bicyclic) bond motifs is 1. The number of allylic oxidation sites excluding steroid dienone is 2. The summed E-state index contributed by atoms with van der Waals surface area (Å²) in [6.07, 6.45) is 13.8. The number of aldehydes is 1. The van der Waals surface area contributed by atoms with E-state index in [0.717, 1.165) is 25.0 Å². The molecule has 0 radical (unpaired) electrons. The molecule has 0 saturated heterocycles. The lowest BCUT2D eigenvalue weighted by Gasteiger charge is -2.57. The van der Waals surface area contributed by atoms with Crippen LogP contribution in [-0.2, 0) is 4.79 Å². The molecule has 2 rings (SSSR count). The van der Waals surface area contributed by atoms with Gasteiger partial charge in [0.1, 0.15) is 6.29 Å². The van der Waals surface area contributed by atoms with Gasteiger partial charge in [-0.2, -0.15) is 0 Å². The summed E-state index contributed by atoms with van der Waals surface area (Å²) in [5.74, 6) is 0.883. The Hall–Kier alpha value is -0.590. The van der Waals surface area contributed by atoms with Crippen LogP contribution in [0.4, 0.5) is 0 Å². The fourth-order valence-corrected chi connectivity index (χ4v) is 4.08. The molecule has 102 valence electrons. The van der Waals surface area contributed by atoms with Crippen molar-refractivity contribution < 1.29 is 4.79 Å². The molecule has 0 spiro atoms. The van der Waals surface area contributed by atoms with Crippen LogP contribution in [-0.4, -0.2) is 6.29 Å². The zero-order valence-electron chi connectivity index (χ0n) is 12.1. The average Bonchev–Trinajstić information content (AvgIpc) is 2.37. The van der Waals surface area contributed by atoms with E-state index in [2.05, 4.69) is 13.8 Å². The molecule has 1 nitrogen and oxygen atoms in total. The summed E-state index contributed by atoms with van der Waals surface area (Å²) in [4.78, 5) is 10.3. The molecule has 0 aromatic carbocycles. The molecule has 0 aromatic heterocycles. The van der Waals surface area contributed by atoms with Gasteiger partial charge < -0.3 is 4.79 Å². The van der Waals surface area contributed by atoms with Crippen LogP contribution in [0.5, 0.6) is 0 Å². The third-order valence-corrected chi connectivity index (χ3v) is 5.26. The molecular weight excluding hydrogens is 220 g/mol. The Bertz CT molecular complexity index is 329. The first-order chi connectivity index (χ1) is 8.77. The maximum absolute atomic E-state index is 10.3. The van der Waals surface area contributed by atoms with Gasteiger partial charge in [0.25, 0.3) is 0 Å². The molecule has 18 heavy (non-hydrogen) atoms. The van der Waals surface area contributed by atoms with E-state index in [1.165, 1.54) is 51.4 Å². The van der Waals surface area contributed by atoms with Crippen molar-refractivity contribution in [3.63, 3.8) is 0 Å². The zero-order valence-corrected chi connectivity index (χ0v) is 12.1. The van der Waals surface area contributed by atoms with Gasteiger partial charge in [0.05, 0.1) is 0 Å². The third kappa shape index (κ3) is 2.41. The second-order valence-electron chi connectivity index (χ2n) is 6.27. The topological polar surface area (TPSA) is 17.1 Å². The predicted octanol–water partition coefficient (Wildman–Crippen LogP) is 5.05. The molecule has 2 atom stereocenters. The van der Waals surface area contributed by atoms with E-state index in [4.69, 9.17) is 0 Å². The van der Waals surface area contributed by atoms with Crippen LogP contribution in [0.1, 0.15) is 78.1 Å². The number of hydrogen-bond acceptors (Lipinski definition) is 1. The first-order valence-corrected chi connectivity index (χ1v) is 7.93. The summed E-state index contributed by atoms with van der Waals surface area (Å²) in [6, 6.07) is 0. The maximum atomic E-state index is 10.3. The highest BCUT2D eigenvalue weighted by Crippen LogP contribution is 2.64. The fourth-order valence-electron chi connectivity index (χ4n) is 4.08. The van der Waals surface area contributed by atoms with Gasteiger partial charge >= 0.3 is 0 Å². The molecule has 0 N–H and O–H groups in total. The molecule has 0 aliphatic heterocycles. The lowest BCUT2D eigenvalue weighted by molar-refractivity contribution is -0.108. The molecule has 2 aliphatic rings. The van der Waals surface area contributed by atoms with Gasteiger partial charge in [0, 0.05) is 6.42 Å². The molecule has 1 saturated carbocycles. The van der Waals surface area contributed by atoms with Crippen molar-refractivity contribution in [2.45, 2.75) is 78.1 Å². The molecule has 2 unspecified atom stereocenters. The normalized spacial score (nSPS) is 27.2. The van der Waals surface area contributed by atoms with Gasteiger partial charge in [-0.3, -0.25) is 0 Å². The summed E-state index contributed by atoms with van der Waals surface area (Å²) in [5.41, 5.74) is 4.30. The molecule has 1 fully saturated rings. The third-order valence-electron chi connectivity index (χ3n) is 5.26. The van der Waals surface area contributed by atoms with Crippen LogP contribution in [0, 0.1) is 11.3 Å². The Kier molecular flexibility index (Phi) is 4.64. The monoisotopic (exact) mass is 248 g/mol. The summed E-state index contributed by atoms with van der Waals surface area (Å²) < 4.78 is 0. The largest absolute Gasteiger partial charge is 0.303 e. The van der Waals surface area contributed by atoms with Crippen LogP contribution in [0.25, 0.3) is 0 Å². The SMILES string of the molecule is CCCC(CC)C1=C2CCC2(CCCCC=O)C1. The van der Waals surface area contributed by atoms with Crippen LogP contribution >= 0.6 is 0 Å². The van der Waals surface area contributed by atoms with Gasteiger partial charge in [-0.05, 0) is 56.3 Å². The summed E-state index contributed by atoms with van der Waals surface area (Å²) in [5, 5.41) is 0. The summed E-state index contributed by atoms with van der Waals surface area (Å²) in [7, 11) is 0. The molecule has 0 bridgehead atoms. The number of carbonyl (C=O) groups excluding carboxylic acids is 1. The second kappa shape index (κ2) is 6.04. The lowest BCUT2D eigenvalue weighted by Crippen LogP contribution is -2.43. The highest BCUT2D eigenvalue weighted by Gasteiger charge is 2.51.